The number of ether oxygens (including phenoxy) is 2. The lowest BCUT2D eigenvalue weighted by Crippen LogP contribution is -2.46. The first-order chi connectivity index (χ1) is 14.7. The van der Waals surface area contributed by atoms with Gasteiger partial charge in [0.2, 0.25) is 17.5 Å². The predicted octanol–water partition coefficient (Wildman–Crippen LogP) is 3.48. The average molecular weight is 404 g/mol. The van der Waals surface area contributed by atoms with E-state index in [1.165, 1.54) is 0 Å². The van der Waals surface area contributed by atoms with E-state index in [-0.39, 0.29) is 0 Å². The molecule has 2 heterocycles. The van der Waals surface area contributed by atoms with Gasteiger partial charge in [0.05, 0.1) is 14.2 Å². The zero-order chi connectivity index (χ0) is 20.9. The molecule has 0 amide bonds. The normalized spacial score (nSPS) is 13.8. The van der Waals surface area contributed by atoms with E-state index in [1.54, 1.807) is 14.2 Å². The smallest absolute Gasteiger partial charge is 0.234 e. The van der Waals surface area contributed by atoms with Gasteiger partial charge < -0.3 is 23.7 Å². The van der Waals surface area contributed by atoms with Crippen LogP contribution in [0.15, 0.2) is 52.9 Å². The minimum atomic E-state index is 0.344. The van der Waals surface area contributed by atoms with Crippen LogP contribution in [0.2, 0.25) is 0 Å². The third-order valence-electron chi connectivity index (χ3n) is 5.28. The second-order valence-corrected chi connectivity index (χ2v) is 7.07. The molecule has 7 heteroatoms. The second kappa shape index (κ2) is 8.78. The zero-order valence-corrected chi connectivity index (χ0v) is 17.2. The van der Waals surface area contributed by atoms with Crippen LogP contribution in [0, 0.1) is 11.3 Å². The molecule has 0 saturated carbocycles. The summed E-state index contributed by atoms with van der Waals surface area (Å²) in [5.41, 5.74) is 2.56. The van der Waals surface area contributed by atoms with Gasteiger partial charge in [0.25, 0.3) is 0 Å². The molecule has 2 aromatic carbocycles. The van der Waals surface area contributed by atoms with Crippen LogP contribution in [0.25, 0.3) is 0 Å². The molecular formula is C23H24N4O3. The maximum Gasteiger partial charge on any atom is 0.234 e. The quantitative estimate of drug-likeness (QED) is 0.623. The van der Waals surface area contributed by atoms with Gasteiger partial charge in [0.1, 0.15) is 17.6 Å². The Balaban J connectivity index is 1.43. The predicted molar refractivity (Wildman–Crippen MR) is 114 cm³/mol. The van der Waals surface area contributed by atoms with Gasteiger partial charge in [-0.3, -0.25) is 0 Å². The van der Waals surface area contributed by atoms with Crippen LogP contribution in [-0.4, -0.2) is 45.4 Å². The van der Waals surface area contributed by atoms with Crippen LogP contribution in [-0.2, 0) is 6.42 Å². The van der Waals surface area contributed by atoms with Crippen molar-refractivity contribution in [2.75, 3.05) is 50.2 Å². The molecule has 30 heavy (non-hydrogen) atoms. The number of aromatic nitrogens is 1. The molecule has 7 nitrogen and oxygen atoms in total. The fourth-order valence-electron chi connectivity index (χ4n) is 3.60. The van der Waals surface area contributed by atoms with Gasteiger partial charge in [-0.2, -0.15) is 5.26 Å². The van der Waals surface area contributed by atoms with Gasteiger partial charge in [0.15, 0.2) is 0 Å². The first-order valence-corrected chi connectivity index (χ1v) is 9.87. The van der Waals surface area contributed by atoms with E-state index in [1.807, 2.05) is 36.4 Å². The van der Waals surface area contributed by atoms with E-state index in [0.29, 0.717) is 23.9 Å². The maximum absolute atomic E-state index is 9.54. The van der Waals surface area contributed by atoms with Crippen molar-refractivity contribution in [1.29, 1.82) is 5.26 Å². The van der Waals surface area contributed by atoms with Gasteiger partial charge in [0, 0.05) is 38.3 Å². The van der Waals surface area contributed by atoms with Crippen molar-refractivity contribution in [1.82, 2.24) is 4.98 Å². The van der Waals surface area contributed by atoms with Crippen molar-refractivity contribution >= 4 is 11.6 Å². The molecule has 0 N–H and O–H groups in total. The van der Waals surface area contributed by atoms with Gasteiger partial charge >= 0.3 is 0 Å². The molecule has 0 atom stereocenters. The Bertz CT molecular complexity index is 1010. The molecule has 154 valence electrons. The van der Waals surface area contributed by atoms with Crippen molar-refractivity contribution in [2.24, 2.45) is 0 Å². The summed E-state index contributed by atoms with van der Waals surface area (Å²) in [4.78, 5) is 8.83. The number of piperazine rings is 1. The van der Waals surface area contributed by atoms with Crippen LogP contribution < -0.4 is 19.3 Å². The first kappa shape index (κ1) is 19.6. The highest BCUT2D eigenvalue weighted by atomic mass is 16.5. The maximum atomic E-state index is 9.54. The number of methoxy groups -OCH3 is 2. The summed E-state index contributed by atoms with van der Waals surface area (Å²) in [6.07, 6.45) is 0.532. The number of benzene rings is 2. The monoisotopic (exact) mass is 404 g/mol. The minimum Gasteiger partial charge on any atom is -0.497 e. The summed E-state index contributed by atoms with van der Waals surface area (Å²) >= 11 is 0. The fraction of sp³-hybridized carbons (Fsp3) is 0.304. The van der Waals surface area contributed by atoms with Crippen molar-refractivity contribution in [2.45, 2.75) is 6.42 Å². The Morgan fingerprint density at radius 3 is 2.03 bits per heavy atom. The SMILES string of the molecule is COc1ccc(Cc2nc(C#N)c(N3CCN(c4ccc(OC)cc4)CC3)o2)cc1. The van der Waals surface area contributed by atoms with E-state index in [0.717, 1.165) is 48.9 Å². The molecule has 1 aromatic heterocycles. The molecule has 1 saturated heterocycles. The molecular weight excluding hydrogens is 380 g/mol. The lowest BCUT2D eigenvalue weighted by Gasteiger charge is -2.35. The van der Waals surface area contributed by atoms with E-state index >= 15 is 0 Å². The Kier molecular flexibility index (Phi) is 5.75. The minimum absolute atomic E-state index is 0.344. The van der Waals surface area contributed by atoms with Gasteiger partial charge in [-0.15, -0.1) is 0 Å². The molecule has 4 rings (SSSR count). The van der Waals surface area contributed by atoms with E-state index < -0.39 is 0 Å². The van der Waals surface area contributed by atoms with E-state index in [2.05, 4.69) is 33.0 Å². The van der Waals surface area contributed by atoms with Crippen molar-refractivity contribution in [3.05, 3.63) is 65.7 Å². The van der Waals surface area contributed by atoms with Crippen molar-refractivity contribution < 1.29 is 13.9 Å². The Hall–Kier alpha value is -3.66. The first-order valence-electron chi connectivity index (χ1n) is 9.87. The van der Waals surface area contributed by atoms with E-state index in [9.17, 15) is 5.26 Å². The molecule has 1 fully saturated rings. The zero-order valence-electron chi connectivity index (χ0n) is 17.2. The Labute approximate surface area is 176 Å². The topological polar surface area (TPSA) is 74.8 Å². The molecule has 0 aliphatic carbocycles. The van der Waals surface area contributed by atoms with E-state index in [4.69, 9.17) is 13.9 Å². The summed E-state index contributed by atoms with van der Waals surface area (Å²) in [6, 6.07) is 18.0. The summed E-state index contributed by atoms with van der Waals surface area (Å²) in [5, 5.41) is 9.54. The number of anilines is 2. The van der Waals surface area contributed by atoms with Crippen molar-refractivity contribution in [3.8, 4) is 17.6 Å². The molecule has 3 aromatic rings. The molecule has 0 unspecified atom stereocenters. The molecule has 0 bridgehead atoms. The number of nitrogens with zero attached hydrogens (tertiary/aromatic N) is 4. The number of rotatable bonds is 6. The summed E-state index contributed by atoms with van der Waals surface area (Å²) in [6.45, 7) is 3.20. The average Bonchev–Trinajstić information content (AvgIpc) is 3.22. The lowest BCUT2D eigenvalue weighted by molar-refractivity contribution is 0.414. The standard InChI is InChI=1S/C23H24N4O3/c1-28-19-7-3-17(4-8-19)15-22-25-21(16-24)23(30-22)27-13-11-26(12-14-27)18-5-9-20(29-2)10-6-18/h3-10H,11-15H2,1-2H3. The Morgan fingerprint density at radius 1 is 0.900 bits per heavy atom. The summed E-state index contributed by atoms with van der Waals surface area (Å²) in [7, 11) is 3.31. The van der Waals surface area contributed by atoms with Crippen LogP contribution in [0.5, 0.6) is 11.5 Å². The molecule has 0 spiro atoms. The fourth-order valence-corrected chi connectivity index (χ4v) is 3.60. The highest BCUT2D eigenvalue weighted by molar-refractivity contribution is 5.53. The highest BCUT2D eigenvalue weighted by Gasteiger charge is 2.24. The van der Waals surface area contributed by atoms with Crippen LogP contribution >= 0.6 is 0 Å². The van der Waals surface area contributed by atoms with Crippen molar-refractivity contribution in [3.63, 3.8) is 0 Å². The van der Waals surface area contributed by atoms with Crippen LogP contribution in [0.4, 0.5) is 11.6 Å². The molecule has 1 aliphatic rings. The molecule has 0 radical (unpaired) electrons. The number of hydrogen-bond acceptors (Lipinski definition) is 7. The largest absolute Gasteiger partial charge is 0.497 e. The second-order valence-electron chi connectivity index (χ2n) is 7.07. The molecule has 1 aliphatic heterocycles. The number of oxazole rings is 1. The summed E-state index contributed by atoms with van der Waals surface area (Å²) < 4.78 is 16.4. The third kappa shape index (κ3) is 4.18. The van der Waals surface area contributed by atoms with Crippen LogP contribution in [0.3, 0.4) is 0 Å². The third-order valence-corrected chi connectivity index (χ3v) is 5.28. The van der Waals surface area contributed by atoms with Crippen LogP contribution in [0.1, 0.15) is 17.1 Å². The lowest BCUT2D eigenvalue weighted by atomic mass is 10.1. The van der Waals surface area contributed by atoms with Gasteiger partial charge in [-0.25, -0.2) is 4.98 Å². The Morgan fingerprint density at radius 2 is 1.47 bits per heavy atom. The van der Waals surface area contributed by atoms with Gasteiger partial charge in [-0.05, 0) is 42.0 Å². The number of hydrogen-bond donors (Lipinski definition) is 0. The highest BCUT2D eigenvalue weighted by Crippen LogP contribution is 2.27. The number of nitriles is 1. The van der Waals surface area contributed by atoms with Gasteiger partial charge in [-0.1, -0.05) is 12.1 Å². The summed E-state index contributed by atoms with van der Waals surface area (Å²) in [5.74, 6) is 2.76.